The van der Waals surface area contributed by atoms with E-state index in [0.717, 1.165) is 11.3 Å². The lowest BCUT2D eigenvalue weighted by Crippen LogP contribution is -2.55. The molecule has 1 unspecified atom stereocenters. The molecule has 1 aromatic rings. The van der Waals surface area contributed by atoms with Crippen LogP contribution in [0.4, 0.5) is 0 Å². The van der Waals surface area contributed by atoms with Crippen molar-refractivity contribution >= 4 is 5.91 Å². The van der Waals surface area contributed by atoms with E-state index in [2.05, 4.69) is 19.2 Å². The second kappa shape index (κ2) is 8.03. The Bertz CT molecular complexity index is 460. The maximum atomic E-state index is 12.0. The predicted molar refractivity (Wildman–Crippen MR) is 86.3 cm³/mol. The number of carbonyl (C=O) groups excluding carboxylic acids is 1. The van der Waals surface area contributed by atoms with E-state index in [-0.39, 0.29) is 11.4 Å². The molecule has 0 aromatic heterocycles. The monoisotopic (exact) mass is 292 g/mol. The van der Waals surface area contributed by atoms with Gasteiger partial charge in [0.05, 0.1) is 12.1 Å². The largest absolute Gasteiger partial charge is 0.493 e. The molecule has 0 saturated heterocycles. The number of aryl methyl sites for hydroxylation is 1. The molecule has 1 atom stereocenters. The minimum absolute atomic E-state index is 0.0324. The summed E-state index contributed by atoms with van der Waals surface area (Å²) >= 11 is 0. The summed E-state index contributed by atoms with van der Waals surface area (Å²) in [6.45, 7) is 9.11. The molecule has 1 rings (SSSR count). The summed E-state index contributed by atoms with van der Waals surface area (Å²) in [5.74, 6) is 1.21. The van der Waals surface area contributed by atoms with E-state index < -0.39 is 0 Å². The molecule has 1 aromatic carbocycles. The first-order valence-electron chi connectivity index (χ1n) is 7.58. The Kier molecular flexibility index (Phi) is 6.69. The van der Waals surface area contributed by atoms with Crippen LogP contribution in [-0.4, -0.2) is 24.6 Å². The molecule has 0 aliphatic heterocycles. The Morgan fingerprint density at radius 3 is 2.62 bits per heavy atom. The predicted octanol–water partition coefficient (Wildman–Crippen LogP) is 2.64. The zero-order valence-electron chi connectivity index (χ0n) is 13.6. The van der Waals surface area contributed by atoms with E-state index in [1.807, 2.05) is 38.1 Å². The van der Waals surface area contributed by atoms with Crippen molar-refractivity contribution in [3.05, 3.63) is 29.8 Å². The summed E-state index contributed by atoms with van der Waals surface area (Å²) < 4.78 is 5.69. The molecule has 1 amide bonds. The van der Waals surface area contributed by atoms with Crippen molar-refractivity contribution in [2.75, 3.05) is 13.2 Å². The Hall–Kier alpha value is -1.55. The number of benzene rings is 1. The lowest BCUT2D eigenvalue weighted by atomic mass is 9.88. The van der Waals surface area contributed by atoms with Crippen LogP contribution in [0, 0.1) is 12.8 Å². The molecule has 0 saturated carbocycles. The van der Waals surface area contributed by atoms with Gasteiger partial charge in [-0.1, -0.05) is 32.0 Å². The number of amides is 1. The molecule has 0 aliphatic carbocycles. The van der Waals surface area contributed by atoms with Crippen molar-refractivity contribution in [2.45, 2.75) is 46.1 Å². The third kappa shape index (κ3) is 5.38. The minimum Gasteiger partial charge on any atom is -0.493 e. The number of para-hydroxylation sites is 1. The quantitative estimate of drug-likeness (QED) is 0.724. The fourth-order valence-electron chi connectivity index (χ4n) is 1.95. The summed E-state index contributed by atoms with van der Waals surface area (Å²) in [5.41, 5.74) is 6.53. The molecule has 0 spiro atoms. The van der Waals surface area contributed by atoms with Crippen LogP contribution < -0.4 is 15.8 Å². The molecule has 0 aliphatic rings. The first-order valence-corrected chi connectivity index (χ1v) is 7.58. The maximum Gasteiger partial charge on any atom is 0.220 e. The van der Waals surface area contributed by atoms with Gasteiger partial charge in [-0.3, -0.25) is 4.79 Å². The normalized spacial score (nSPS) is 13.8. The van der Waals surface area contributed by atoms with E-state index in [1.165, 1.54) is 0 Å². The van der Waals surface area contributed by atoms with Gasteiger partial charge >= 0.3 is 0 Å². The Labute approximate surface area is 128 Å². The van der Waals surface area contributed by atoms with Crippen LogP contribution in [0.1, 0.15) is 39.2 Å². The highest BCUT2D eigenvalue weighted by Gasteiger charge is 2.28. The van der Waals surface area contributed by atoms with Gasteiger partial charge in [-0.05, 0) is 37.8 Å². The molecule has 3 N–H and O–H groups in total. The minimum atomic E-state index is -0.339. The van der Waals surface area contributed by atoms with Gasteiger partial charge in [0.1, 0.15) is 5.75 Å². The second-order valence-corrected chi connectivity index (χ2v) is 6.04. The Balaban J connectivity index is 2.33. The van der Waals surface area contributed by atoms with Crippen LogP contribution in [-0.2, 0) is 4.79 Å². The van der Waals surface area contributed by atoms with Crippen LogP contribution in [0.5, 0.6) is 5.75 Å². The zero-order chi connectivity index (χ0) is 15.9. The Morgan fingerprint density at radius 1 is 1.38 bits per heavy atom. The average Bonchev–Trinajstić information content (AvgIpc) is 2.45. The van der Waals surface area contributed by atoms with Crippen LogP contribution in [0.3, 0.4) is 0 Å². The molecule has 4 nitrogen and oxygen atoms in total. The highest BCUT2D eigenvalue weighted by Crippen LogP contribution is 2.17. The van der Waals surface area contributed by atoms with Gasteiger partial charge in [-0.15, -0.1) is 0 Å². The van der Waals surface area contributed by atoms with Crippen molar-refractivity contribution in [1.29, 1.82) is 0 Å². The summed E-state index contributed by atoms with van der Waals surface area (Å²) in [6, 6.07) is 7.89. The van der Waals surface area contributed by atoms with Crippen molar-refractivity contribution in [3.8, 4) is 5.75 Å². The van der Waals surface area contributed by atoms with Gasteiger partial charge < -0.3 is 15.8 Å². The number of ether oxygens (including phenoxy) is 1. The van der Waals surface area contributed by atoms with Gasteiger partial charge in [-0.25, -0.2) is 0 Å². The van der Waals surface area contributed by atoms with Crippen molar-refractivity contribution < 1.29 is 9.53 Å². The fraction of sp³-hybridized carbons (Fsp3) is 0.588. The second-order valence-electron chi connectivity index (χ2n) is 6.04. The van der Waals surface area contributed by atoms with Gasteiger partial charge in [0.25, 0.3) is 0 Å². The summed E-state index contributed by atoms with van der Waals surface area (Å²) in [4.78, 5) is 12.0. The van der Waals surface area contributed by atoms with Gasteiger partial charge in [-0.2, -0.15) is 0 Å². The number of rotatable bonds is 8. The molecule has 0 bridgehead atoms. The van der Waals surface area contributed by atoms with Crippen molar-refractivity contribution in [2.24, 2.45) is 11.7 Å². The van der Waals surface area contributed by atoms with E-state index in [0.29, 0.717) is 31.9 Å². The van der Waals surface area contributed by atoms with Crippen LogP contribution in [0.2, 0.25) is 0 Å². The van der Waals surface area contributed by atoms with Crippen LogP contribution >= 0.6 is 0 Å². The van der Waals surface area contributed by atoms with Gasteiger partial charge in [0.2, 0.25) is 5.91 Å². The highest BCUT2D eigenvalue weighted by atomic mass is 16.5. The van der Waals surface area contributed by atoms with E-state index in [4.69, 9.17) is 10.5 Å². The molecule has 0 radical (unpaired) electrons. The summed E-state index contributed by atoms with van der Waals surface area (Å²) in [7, 11) is 0. The number of hydrogen-bond donors (Lipinski definition) is 2. The average molecular weight is 292 g/mol. The maximum absolute atomic E-state index is 12.0. The number of hydrogen-bond acceptors (Lipinski definition) is 3. The topological polar surface area (TPSA) is 64.3 Å². The van der Waals surface area contributed by atoms with E-state index in [9.17, 15) is 4.79 Å². The molecular weight excluding hydrogens is 264 g/mol. The summed E-state index contributed by atoms with van der Waals surface area (Å²) in [6.07, 6.45) is 1.15. The highest BCUT2D eigenvalue weighted by molar-refractivity contribution is 5.76. The third-order valence-electron chi connectivity index (χ3n) is 4.02. The van der Waals surface area contributed by atoms with Crippen molar-refractivity contribution in [3.63, 3.8) is 0 Å². The first kappa shape index (κ1) is 17.5. The van der Waals surface area contributed by atoms with Crippen molar-refractivity contribution in [1.82, 2.24) is 5.32 Å². The molecular formula is C17H28N2O2. The molecule has 21 heavy (non-hydrogen) atoms. The number of nitrogens with two attached hydrogens (primary N) is 1. The molecule has 4 heteroatoms. The van der Waals surface area contributed by atoms with Gasteiger partial charge in [0.15, 0.2) is 0 Å². The summed E-state index contributed by atoms with van der Waals surface area (Å²) in [5, 5.41) is 3.03. The van der Waals surface area contributed by atoms with Gasteiger partial charge in [0, 0.05) is 13.0 Å². The fourth-order valence-corrected chi connectivity index (χ4v) is 1.95. The SMILES string of the molecule is Cc1ccccc1OCCCC(=O)NC(C)(CN)C(C)C. The van der Waals surface area contributed by atoms with Crippen LogP contribution in [0.25, 0.3) is 0 Å². The number of nitrogens with one attached hydrogen (secondary N) is 1. The lowest BCUT2D eigenvalue weighted by molar-refractivity contribution is -0.123. The smallest absolute Gasteiger partial charge is 0.220 e. The standard InChI is InChI=1S/C17H28N2O2/c1-13(2)17(4,12-18)19-16(20)10-7-11-21-15-9-6-5-8-14(15)3/h5-6,8-9,13H,7,10-12,18H2,1-4H3,(H,19,20). The molecule has 118 valence electrons. The van der Waals surface area contributed by atoms with E-state index >= 15 is 0 Å². The first-order chi connectivity index (χ1) is 9.89. The lowest BCUT2D eigenvalue weighted by Gasteiger charge is -2.33. The molecule has 0 fully saturated rings. The Morgan fingerprint density at radius 2 is 2.05 bits per heavy atom. The molecule has 0 heterocycles. The zero-order valence-corrected chi connectivity index (χ0v) is 13.6. The van der Waals surface area contributed by atoms with Crippen LogP contribution in [0.15, 0.2) is 24.3 Å². The van der Waals surface area contributed by atoms with E-state index in [1.54, 1.807) is 0 Å². The third-order valence-corrected chi connectivity index (χ3v) is 4.02. The number of carbonyl (C=O) groups is 1.